The standard InChI is InChI=1S/C21H32ClNO4/c1-21(2,3)27-20(24)23(4)18(15-16-9-11-17(22)12-10-16)7-5-8-19-25-13-6-14-26-19/h9-12,18-19H,5-8,13-15H2,1-4H3. The molecule has 1 saturated heterocycles. The highest BCUT2D eigenvalue weighted by Crippen LogP contribution is 2.20. The molecule has 1 aromatic rings. The molecular formula is C21H32ClNO4. The van der Waals surface area contributed by atoms with E-state index in [4.69, 9.17) is 25.8 Å². The second-order valence-corrected chi connectivity index (χ2v) is 8.47. The van der Waals surface area contributed by atoms with Gasteiger partial charge in [0.15, 0.2) is 6.29 Å². The van der Waals surface area contributed by atoms with Gasteiger partial charge in [0, 0.05) is 18.1 Å². The number of nitrogens with zero attached hydrogens (tertiary/aromatic N) is 1. The van der Waals surface area contributed by atoms with Crippen molar-refractivity contribution >= 4 is 17.7 Å². The van der Waals surface area contributed by atoms with Crippen LogP contribution in [0.5, 0.6) is 0 Å². The molecule has 0 saturated carbocycles. The zero-order chi connectivity index (χ0) is 19.9. The minimum Gasteiger partial charge on any atom is -0.444 e. The van der Waals surface area contributed by atoms with Gasteiger partial charge in [-0.25, -0.2) is 4.79 Å². The average molecular weight is 398 g/mol. The Balaban J connectivity index is 1.97. The summed E-state index contributed by atoms with van der Waals surface area (Å²) in [7, 11) is 1.81. The number of hydrogen-bond acceptors (Lipinski definition) is 4. The Hall–Kier alpha value is -1.30. The van der Waals surface area contributed by atoms with E-state index in [-0.39, 0.29) is 18.4 Å². The molecule has 0 spiro atoms. The number of carbonyl (C=O) groups excluding carboxylic acids is 1. The van der Waals surface area contributed by atoms with Gasteiger partial charge in [-0.05, 0) is 70.6 Å². The first-order valence-corrected chi connectivity index (χ1v) is 10.1. The lowest BCUT2D eigenvalue weighted by Crippen LogP contribution is -2.42. The maximum Gasteiger partial charge on any atom is 0.410 e. The SMILES string of the molecule is CN(C(=O)OC(C)(C)C)C(CCCC1OCCCO1)Cc1ccc(Cl)cc1. The van der Waals surface area contributed by atoms with Crippen LogP contribution in [0.25, 0.3) is 0 Å². The van der Waals surface area contributed by atoms with E-state index >= 15 is 0 Å². The quantitative estimate of drug-likeness (QED) is 0.645. The number of carbonyl (C=O) groups is 1. The van der Waals surface area contributed by atoms with Crippen molar-refractivity contribution < 1.29 is 19.0 Å². The third kappa shape index (κ3) is 8.08. The molecule has 1 fully saturated rings. The minimum atomic E-state index is -0.514. The number of likely N-dealkylation sites (N-methyl/N-ethyl adjacent to an activating group) is 1. The van der Waals surface area contributed by atoms with Crippen molar-refractivity contribution in [2.24, 2.45) is 0 Å². The van der Waals surface area contributed by atoms with E-state index in [1.807, 2.05) is 52.1 Å². The molecule has 1 heterocycles. The summed E-state index contributed by atoms with van der Waals surface area (Å²) >= 11 is 5.99. The van der Waals surface area contributed by atoms with Crippen molar-refractivity contribution in [2.75, 3.05) is 20.3 Å². The van der Waals surface area contributed by atoms with Crippen LogP contribution in [-0.2, 0) is 20.6 Å². The lowest BCUT2D eigenvalue weighted by Gasteiger charge is -2.31. The largest absolute Gasteiger partial charge is 0.444 e. The number of hydrogen-bond donors (Lipinski definition) is 0. The van der Waals surface area contributed by atoms with Crippen LogP contribution in [0.2, 0.25) is 5.02 Å². The number of ether oxygens (including phenoxy) is 3. The van der Waals surface area contributed by atoms with E-state index in [0.717, 1.165) is 50.9 Å². The lowest BCUT2D eigenvalue weighted by molar-refractivity contribution is -0.181. The Labute approximate surface area is 167 Å². The third-order valence-corrected chi connectivity index (χ3v) is 4.74. The molecule has 5 nitrogen and oxygen atoms in total. The first-order chi connectivity index (χ1) is 12.7. The molecule has 1 aliphatic heterocycles. The van der Waals surface area contributed by atoms with Crippen LogP contribution in [0.3, 0.4) is 0 Å². The monoisotopic (exact) mass is 397 g/mol. The summed E-state index contributed by atoms with van der Waals surface area (Å²) in [6, 6.07) is 7.80. The molecule has 0 bridgehead atoms. The van der Waals surface area contributed by atoms with Crippen LogP contribution in [0.15, 0.2) is 24.3 Å². The van der Waals surface area contributed by atoms with Crippen LogP contribution in [0, 0.1) is 0 Å². The smallest absolute Gasteiger partial charge is 0.410 e. The molecule has 0 aromatic heterocycles. The van der Waals surface area contributed by atoms with Crippen LogP contribution < -0.4 is 0 Å². The molecule has 1 amide bonds. The Morgan fingerprint density at radius 1 is 1.26 bits per heavy atom. The fourth-order valence-electron chi connectivity index (χ4n) is 3.03. The molecule has 0 aliphatic carbocycles. The number of halogens is 1. The van der Waals surface area contributed by atoms with E-state index in [0.29, 0.717) is 5.02 Å². The number of rotatable bonds is 7. The molecule has 1 aromatic carbocycles. The first-order valence-electron chi connectivity index (χ1n) is 9.68. The summed E-state index contributed by atoms with van der Waals surface area (Å²) in [5.41, 5.74) is 0.630. The zero-order valence-electron chi connectivity index (χ0n) is 16.9. The third-order valence-electron chi connectivity index (χ3n) is 4.49. The van der Waals surface area contributed by atoms with Crippen LogP contribution in [-0.4, -0.2) is 49.2 Å². The molecule has 2 rings (SSSR count). The Morgan fingerprint density at radius 3 is 2.48 bits per heavy atom. The molecule has 0 N–H and O–H groups in total. The summed E-state index contributed by atoms with van der Waals surface area (Å²) in [6.07, 6.45) is 3.88. The lowest BCUT2D eigenvalue weighted by atomic mass is 9.99. The Bertz CT molecular complexity index is 579. The number of benzene rings is 1. The molecule has 152 valence electrons. The van der Waals surface area contributed by atoms with Gasteiger partial charge in [-0.2, -0.15) is 0 Å². The highest BCUT2D eigenvalue weighted by Gasteiger charge is 2.26. The Kier molecular flexibility index (Phi) is 8.39. The predicted molar refractivity (Wildman–Crippen MR) is 107 cm³/mol. The van der Waals surface area contributed by atoms with Crippen molar-refractivity contribution in [3.8, 4) is 0 Å². The van der Waals surface area contributed by atoms with E-state index < -0.39 is 5.60 Å². The van der Waals surface area contributed by atoms with Gasteiger partial charge in [-0.15, -0.1) is 0 Å². The Morgan fingerprint density at radius 2 is 1.89 bits per heavy atom. The van der Waals surface area contributed by atoms with Crippen molar-refractivity contribution in [1.29, 1.82) is 0 Å². The summed E-state index contributed by atoms with van der Waals surface area (Å²) in [5, 5.41) is 0.711. The van der Waals surface area contributed by atoms with Crippen LogP contribution in [0.4, 0.5) is 4.79 Å². The van der Waals surface area contributed by atoms with Gasteiger partial charge >= 0.3 is 6.09 Å². The molecule has 1 unspecified atom stereocenters. The highest BCUT2D eigenvalue weighted by molar-refractivity contribution is 6.30. The predicted octanol–water partition coefficient (Wildman–Crippen LogP) is 5.05. The van der Waals surface area contributed by atoms with Gasteiger partial charge in [0.1, 0.15) is 5.60 Å². The number of amides is 1. The molecule has 27 heavy (non-hydrogen) atoms. The zero-order valence-corrected chi connectivity index (χ0v) is 17.6. The van der Waals surface area contributed by atoms with Crippen molar-refractivity contribution in [1.82, 2.24) is 4.90 Å². The van der Waals surface area contributed by atoms with Crippen molar-refractivity contribution in [3.63, 3.8) is 0 Å². The van der Waals surface area contributed by atoms with Gasteiger partial charge in [0.25, 0.3) is 0 Å². The van der Waals surface area contributed by atoms with Crippen LogP contribution >= 0.6 is 11.6 Å². The van der Waals surface area contributed by atoms with E-state index in [9.17, 15) is 4.79 Å². The van der Waals surface area contributed by atoms with Crippen LogP contribution in [0.1, 0.15) is 52.0 Å². The minimum absolute atomic E-state index is 0.0321. The van der Waals surface area contributed by atoms with E-state index in [1.54, 1.807) is 4.90 Å². The maximum atomic E-state index is 12.5. The summed E-state index contributed by atoms with van der Waals surface area (Å²) in [4.78, 5) is 14.3. The second kappa shape index (κ2) is 10.3. The van der Waals surface area contributed by atoms with Gasteiger partial charge in [-0.3, -0.25) is 0 Å². The molecule has 6 heteroatoms. The molecular weight excluding hydrogens is 366 g/mol. The molecule has 1 aliphatic rings. The van der Waals surface area contributed by atoms with Gasteiger partial charge in [0.2, 0.25) is 0 Å². The van der Waals surface area contributed by atoms with Crippen molar-refractivity contribution in [2.45, 2.75) is 70.8 Å². The van der Waals surface area contributed by atoms with E-state index in [2.05, 4.69) is 0 Å². The molecule has 1 atom stereocenters. The first kappa shape index (κ1) is 22.0. The average Bonchev–Trinajstić information content (AvgIpc) is 2.61. The van der Waals surface area contributed by atoms with Gasteiger partial charge in [0.05, 0.1) is 13.2 Å². The fourth-order valence-corrected chi connectivity index (χ4v) is 3.16. The summed E-state index contributed by atoms with van der Waals surface area (Å²) < 4.78 is 16.8. The summed E-state index contributed by atoms with van der Waals surface area (Å²) in [5.74, 6) is 0. The fraction of sp³-hybridized carbons (Fsp3) is 0.667. The van der Waals surface area contributed by atoms with Crippen molar-refractivity contribution in [3.05, 3.63) is 34.9 Å². The highest BCUT2D eigenvalue weighted by atomic mass is 35.5. The molecule has 0 radical (unpaired) electrons. The second-order valence-electron chi connectivity index (χ2n) is 8.03. The van der Waals surface area contributed by atoms with Gasteiger partial charge in [-0.1, -0.05) is 23.7 Å². The van der Waals surface area contributed by atoms with E-state index in [1.165, 1.54) is 0 Å². The maximum absolute atomic E-state index is 12.5. The summed E-state index contributed by atoms with van der Waals surface area (Å²) in [6.45, 7) is 7.16. The van der Waals surface area contributed by atoms with Gasteiger partial charge < -0.3 is 19.1 Å². The topological polar surface area (TPSA) is 48.0 Å². The normalized spacial score (nSPS) is 16.8.